The van der Waals surface area contributed by atoms with Gasteiger partial charge in [-0.15, -0.1) is 0 Å². The Morgan fingerprint density at radius 2 is 1.52 bits per heavy atom. The Kier molecular flexibility index (Phi) is 6.33. The largest absolute Gasteiger partial charge is 0.493 e. The Morgan fingerprint density at radius 3 is 2.00 bits per heavy atom. The zero-order chi connectivity index (χ0) is 21.1. The number of hydrogen-bond acceptors (Lipinski definition) is 5. The topological polar surface area (TPSA) is 68.2 Å². The van der Waals surface area contributed by atoms with Crippen molar-refractivity contribution in [3.8, 4) is 17.2 Å². The molecule has 1 aliphatic heterocycles. The highest BCUT2D eigenvalue weighted by Gasteiger charge is 2.37. The molecule has 29 heavy (non-hydrogen) atoms. The minimum Gasteiger partial charge on any atom is -0.493 e. The van der Waals surface area contributed by atoms with Crippen LogP contribution in [0.4, 0.5) is 0 Å². The molecule has 1 fully saturated rings. The Bertz CT molecular complexity index is 850. The number of aryl methyl sites for hydroxylation is 2. The summed E-state index contributed by atoms with van der Waals surface area (Å²) in [5, 5.41) is 9.81. The van der Waals surface area contributed by atoms with E-state index in [0.717, 1.165) is 28.7 Å². The van der Waals surface area contributed by atoms with E-state index in [1.807, 2.05) is 12.1 Å². The lowest BCUT2D eigenvalue weighted by Gasteiger charge is -2.33. The number of ether oxygens (including phenoxy) is 3. The summed E-state index contributed by atoms with van der Waals surface area (Å²) in [6.07, 6.45) is 1.49. The fraction of sp³-hybridized carbons (Fsp3) is 0.435. The summed E-state index contributed by atoms with van der Waals surface area (Å²) in [7, 11) is 4.74. The van der Waals surface area contributed by atoms with Crippen molar-refractivity contribution in [3.05, 3.63) is 52.6 Å². The Balaban J connectivity index is 2.21. The number of carboxylic acids is 1. The molecule has 0 aliphatic carbocycles. The van der Waals surface area contributed by atoms with E-state index in [1.54, 1.807) is 21.3 Å². The summed E-state index contributed by atoms with van der Waals surface area (Å²) >= 11 is 0. The van der Waals surface area contributed by atoms with Crippen LogP contribution in [-0.4, -0.2) is 49.9 Å². The van der Waals surface area contributed by atoms with Crippen LogP contribution in [0.15, 0.2) is 30.3 Å². The molecule has 0 aromatic heterocycles. The number of carboxylic acid groups (broad SMARTS) is 1. The van der Waals surface area contributed by atoms with Crippen LogP contribution in [0.3, 0.4) is 0 Å². The van der Waals surface area contributed by atoms with Crippen LogP contribution in [0.2, 0.25) is 0 Å². The van der Waals surface area contributed by atoms with Gasteiger partial charge in [-0.05, 0) is 49.9 Å². The molecular weight excluding hydrogens is 370 g/mol. The summed E-state index contributed by atoms with van der Waals surface area (Å²) < 4.78 is 16.6. The van der Waals surface area contributed by atoms with E-state index in [2.05, 4.69) is 36.9 Å². The van der Waals surface area contributed by atoms with Gasteiger partial charge in [0.2, 0.25) is 5.75 Å². The Hall–Kier alpha value is -2.73. The Morgan fingerprint density at radius 1 is 0.966 bits per heavy atom. The van der Waals surface area contributed by atoms with Gasteiger partial charge >= 0.3 is 5.97 Å². The number of aliphatic carboxylic acids is 1. The molecule has 0 amide bonds. The van der Waals surface area contributed by atoms with Crippen LogP contribution in [0, 0.1) is 13.8 Å². The smallest absolute Gasteiger partial charge is 0.320 e. The number of likely N-dealkylation sites (tertiary alicyclic amines) is 1. The minimum absolute atomic E-state index is 0.231. The summed E-state index contributed by atoms with van der Waals surface area (Å²) in [4.78, 5) is 14.0. The SMILES string of the molecule is COc1cc(C(c2cc(C)cc(C)c2)N2CCCC2C(=O)O)cc(OC)c1OC. The number of hydrogen-bond donors (Lipinski definition) is 1. The molecule has 0 bridgehead atoms. The molecule has 1 heterocycles. The van der Waals surface area contributed by atoms with Gasteiger partial charge in [-0.2, -0.15) is 0 Å². The molecule has 0 saturated carbocycles. The molecule has 156 valence electrons. The van der Waals surface area contributed by atoms with E-state index >= 15 is 0 Å². The summed E-state index contributed by atoms with van der Waals surface area (Å²) in [5.41, 5.74) is 4.26. The van der Waals surface area contributed by atoms with Gasteiger partial charge in [-0.25, -0.2) is 0 Å². The monoisotopic (exact) mass is 399 g/mol. The van der Waals surface area contributed by atoms with Crippen LogP contribution in [-0.2, 0) is 4.79 Å². The average Bonchev–Trinajstić information content (AvgIpc) is 3.16. The molecule has 2 aromatic rings. The van der Waals surface area contributed by atoms with Gasteiger partial charge in [-0.1, -0.05) is 29.3 Å². The van der Waals surface area contributed by atoms with Gasteiger partial charge < -0.3 is 19.3 Å². The first-order chi connectivity index (χ1) is 13.9. The maximum absolute atomic E-state index is 11.9. The number of methoxy groups -OCH3 is 3. The molecule has 1 saturated heterocycles. The van der Waals surface area contributed by atoms with Crippen molar-refractivity contribution in [1.29, 1.82) is 0 Å². The highest BCUT2D eigenvalue weighted by atomic mass is 16.5. The molecule has 1 N–H and O–H groups in total. The molecule has 6 nitrogen and oxygen atoms in total. The normalized spacial score (nSPS) is 17.8. The van der Waals surface area contributed by atoms with E-state index < -0.39 is 12.0 Å². The molecular formula is C23H29NO5. The van der Waals surface area contributed by atoms with Crippen LogP contribution in [0.25, 0.3) is 0 Å². The quantitative estimate of drug-likeness (QED) is 0.760. The van der Waals surface area contributed by atoms with E-state index in [-0.39, 0.29) is 6.04 Å². The van der Waals surface area contributed by atoms with Crippen LogP contribution in [0.5, 0.6) is 17.2 Å². The predicted octanol–water partition coefficient (Wildman–Crippen LogP) is 3.97. The van der Waals surface area contributed by atoms with Gasteiger partial charge in [0.25, 0.3) is 0 Å². The third-order valence-corrected chi connectivity index (χ3v) is 5.47. The van der Waals surface area contributed by atoms with Crippen molar-refractivity contribution in [2.24, 2.45) is 0 Å². The summed E-state index contributed by atoms with van der Waals surface area (Å²) in [6.45, 7) is 4.83. The third-order valence-electron chi connectivity index (χ3n) is 5.47. The van der Waals surface area contributed by atoms with Gasteiger partial charge in [0.15, 0.2) is 11.5 Å². The lowest BCUT2D eigenvalue weighted by atomic mass is 9.93. The molecule has 6 heteroatoms. The first-order valence-electron chi connectivity index (χ1n) is 9.76. The number of nitrogens with zero attached hydrogens (tertiary/aromatic N) is 1. The fourth-order valence-corrected chi connectivity index (χ4v) is 4.37. The standard InChI is InChI=1S/C23H29NO5/c1-14-9-15(2)11-16(10-14)21(24-8-6-7-18(24)23(25)26)17-12-19(27-3)22(29-5)20(13-17)28-4/h9-13,18,21H,6-8H2,1-5H3,(H,25,26). The second-order valence-corrected chi connectivity index (χ2v) is 7.52. The van der Waals surface area contributed by atoms with Crippen LogP contribution in [0.1, 0.15) is 41.1 Å². The highest BCUT2D eigenvalue weighted by Crippen LogP contribution is 2.44. The molecule has 2 atom stereocenters. The van der Waals surface area contributed by atoms with Crippen LogP contribution < -0.4 is 14.2 Å². The molecule has 0 radical (unpaired) electrons. The van der Waals surface area contributed by atoms with Crippen molar-refractivity contribution in [2.45, 2.75) is 38.8 Å². The minimum atomic E-state index is -0.788. The number of benzene rings is 2. The van der Waals surface area contributed by atoms with Crippen LogP contribution >= 0.6 is 0 Å². The van der Waals surface area contributed by atoms with E-state index in [1.165, 1.54) is 0 Å². The van der Waals surface area contributed by atoms with Gasteiger partial charge in [0, 0.05) is 6.54 Å². The lowest BCUT2D eigenvalue weighted by molar-refractivity contribution is -0.142. The molecule has 0 spiro atoms. The highest BCUT2D eigenvalue weighted by molar-refractivity contribution is 5.74. The zero-order valence-electron chi connectivity index (χ0n) is 17.7. The van der Waals surface area contributed by atoms with Crippen molar-refractivity contribution < 1.29 is 24.1 Å². The fourth-order valence-electron chi connectivity index (χ4n) is 4.37. The summed E-state index contributed by atoms with van der Waals surface area (Å²) in [6, 6.07) is 9.44. The maximum Gasteiger partial charge on any atom is 0.320 e. The lowest BCUT2D eigenvalue weighted by Crippen LogP contribution is -2.39. The van der Waals surface area contributed by atoms with Gasteiger partial charge in [-0.3, -0.25) is 9.69 Å². The van der Waals surface area contributed by atoms with Crippen molar-refractivity contribution in [1.82, 2.24) is 4.90 Å². The second kappa shape index (κ2) is 8.74. The molecule has 3 rings (SSSR count). The third kappa shape index (κ3) is 4.17. The number of rotatable bonds is 7. The molecule has 2 aromatic carbocycles. The first kappa shape index (κ1) is 21.0. The van der Waals surface area contributed by atoms with Crippen molar-refractivity contribution >= 4 is 5.97 Å². The van der Waals surface area contributed by atoms with Crippen molar-refractivity contribution in [2.75, 3.05) is 27.9 Å². The van der Waals surface area contributed by atoms with E-state index in [9.17, 15) is 9.90 Å². The molecule has 1 aliphatic rings. The predicted molar refractivity (Wildman–Crippen MR) is 111 cm³/mol. The molecule has 2 unspecified atom stereocenters. The second-order valence-electron chi connectivity index (χ2n) is 7.52. The first-order valence-corrected chi connectivity index (χ1v) is 9.76. The van der Waals surface area contributed by atoms with E-state index in [4.69, 9.17) is 14.2 Å². The van der Waals surface area contributed by atoms with Crippen molar-refractivity contribution in [3.63, 3.8) is 0 Å². The van der Waals surface area contributed by atoms with Gasteiger partial charge in [0.1, 0.15) is 6.04 Å². The zero-order valence-corrected chi connectivity index (χ0v) is 17.7. The maximum atomic E-state index is 11.9. The number of carbonyl (C=O) groups is 1. The Labute approximate surface area is 172 Å². The average molecular weight is 399 g/mol. The summed E-state index contributed by atoms with van der Waals surface area (Å²) in [5.74, 6) is 0.850. The van der Waals surface area contributed by atoms with Gasteiger partial charge in [0.05, 0.1) is 27.4 Å². The van der Waals surface area contributed by atoms with E-state index in [0.29, 0.717) is 30.2 Å².